The van der Waals surface area contributed by atoms with E-state index in [0.29, 0.717) is 11.8 Å². The smallest absolute Gasteiger partial charge is 0.306 e. The van der Waals surface area contributed by atoms with Gasteiger partial charge in [-0.25, -0.2) is 0 Å². The summed E-state index contributed by atoms with van der Waals surface area (Å²) in [7, 11) is 0. The number of carboxylic acid groups (broad SMARTS) is 1. The second-order valence-electron chi connectivity index (χ2n) is 9.25. The highest BCUT2D eigenvalue weighted by atomic mass is 16.4. The molecular formula is C20H30O3. The van der Waals surface area contributed by atoms with Gasteiger partial charge in [0.15, 0.2) is 0 Å². The van der Waals surface area contributed by atoms with Crippen molar-refractivity contribution in [2.24, 2.45) is 28.6 Å². The predicted octanol–water partition coefficient (Wildman–Crippen LogP) is 4.16. The van der Waals surface area contributed by atoms with E-state index >= 15 is 0 Å². The summed E-state index contributed by atoms with van der Waals surface area (Å²) < 4.78 is 0. The van der Waals surface area contributed by atoms with Crippen LogP contribution in [-0.2, 0) is 4.79 Å². The zero-order chi connectivity index (χ0) is 16.5. The van der Waals surface area contributed by atoms with Crippen LogP contribution in [0.2, 0.25) is 0 Å². The molecule has 5 rings (SSSR count). The van der Waals surface area contributed by atoms with Crippen molar-refractivity contribution in [2.45, 2.75) is 76.7 Å². The van der Waals surface area contributed by atoms with Gasteiger partial charge in [0.2, 0.25) is 0 Å². The quantitative estimate of drug-likeness (QED) is 0.714. The Labute approximate surface area is 139 Å². The van der Waals surface area contributed by atoms with Crippen molar-refractivity contribution in [3.63, 3.8) is 0 Å². The number of rotatable bonds is 1. The van der Waals surface area contributed by atoms with Crippen LogP contribution in [0.5, 0.6) is 0 Å². The SMILES string of the molecule is C=C1C[C@@]23CC[C@@H]4[C@H](C(=O)O)CCC[C@@]4(C)[C@@H]2CC[C@@]1(O)CC3. The maximum atomic E-state index is 11.8. The van der Waals surface area contributed by atoms with Crippen molar-refractivity contribution in [3.05, 3.63) is 12.2 Å². The lowest BCUT2D eigenvalue weighted by Gasteiger charge is -2.61. The van der Waals surface area contributed by atoms with E-state index in [1.807, 2.05) is 0 Å². The molecule has 2 bridgehead atoms. The zero-order valence-corrected chi connectivity index (χ0v) is 14.3. The van der Waals surface area contributed by atoms with Crippen molar-refractivity contribution < 1.29 is 15.0 Å². The van der Waals surface area contributed by atoms with E-state index in [-0.39, 0.29) is 16.7 Å². The molecule has 5 aliphatic carbocycles. The van der Waals surface area contributed by atoms with Gasteiger partial charge in [0.1, 0.15) is 0 Å². The van der Waals surface area contributed by atoms with Gasteiger partial charge < -0.3 is 10.2 Å². The zero-order valence-electron chi connectivity index (χ0n) is 14.3. The van der Waals surface area contributed by atoms with Crippen LogP contribution in [0.1, 0.15) is 71.1 Å². The van der Waals surface area contributed by atoms with Gasteiger partial charge in [0, 0.05) is 0 Å². The summed E-state index contributed by atoms with van der Waals surface area (Å²) in [6, 6.07) is 0. The van der Waals surface area contributed by atoms with Crippen LogP contribution in [0.4, 0.5) is 0 Å². The van der Waals surface area contributed by atoms with Gasteiger partial charge in [0.25, 0.3) is 0 Å². The molecule has 0 saturated heterocycles. The fraction of sp³-hybridized carbons (Fsp3) is 0.850. The van der Waals surface area contributed by atoms with Gasteiger partial charge in [-0.3, -0.25) is 4.79 Å². The fourth-order valence-electron chi connectivity index (χ4n) is 7.27. The Balaban J connectivity index is 1.74. The van der Waals surface area contributed by atoms with Crippen LogP contribution in [0.15, 0.2) is 12.2 Å². The van der Waals surface area contributed by atoms with Crippen molar-refractivity contribution in [1.82, 2.24) is 0 Å². The lowest BCUT2D eigenvalue weighted by molar-refractivity contribution is -0.160. The Morgan fingerprint density at radius 3 is 2.61 bits per heavy atom. The molecule has 0 aromatic carbocycles. The van der Waals surface area contributed by atoms with Gasteiger partial charge in [-0.2, -0.15) is 0 Å². The number of carboxylic acids is 1. The van der Waals surface area contributed by atoms with Gasteiger partial charge in [-0.15, -0.1) is 0 Å². The Bertz CT molecular complexity index is 555. The minimum absolute atomic E-state index is 0.134. The Kier molecular flexibility index (Phi) is 3.30. The van der Waals surface area contributed by atoms with E-state index < -0.39 is 11.6 Å². The molecule has 0 aromatic rings. The van der Waals surface area contributed by atoms with Crippen LogP contribution in [0, 0.1) is 28.6 Å². The predicted molar refractivity (Wildman–Crippen MR) is 88.9 cm³/mol. The third-order valence-corrected chi connectivity index (χ3v) is 8.48. The number of aliphatic carboxylic acids is 1. The average molecular weight is 318 g/mol. The van der Waals surface area contributed by atoms with Crippen molar-refractivity contribution >= 4 is 5.97 Å². The lowest BCUT2D eigenvalue weighted by atomic mass is 9.43. The van der Waals surface area contributed by atoms with E-state index in [2.05, 4.69) is 13.5 Å². The first-order valence-corrected chi connectivity index (χ1v) is 9.44. The molecule has 5 fully saturated rings. The second-order valence-corrected chi connectivity index (χ2v) is 9.25. The van der Waals surface area contributed by atoms with Gasteiger partial charge in [0.05, 0.1) is 11.5 Å². The maximum Gasteiger partial charge on any atom is 0.306 e. The van der Waals surface area contributed by atoms with Crippen LogP contribution in [0.25, 0.3) is 0 Å². The van der Waals surface area contributed by atoms with Gasteiger partial charge in [-0.05, 0) is 86.0 Å². The molecule has 1 spiro atoms. The minimum atomic E-state index is -0.644. The van der Waals surface area contributed by atoms with Crippen LogP contribution < -0.4 is 0 Å². The first-order chi connectivity index (χ1) is 10.8. The first-order valence-electron chi connectivity index (χ1n) is 9.44. The standard InChI is InChI=1S/C20H30O3/c1-13-12-19-8-5-15-14(17(21)22)4-3-7-18(15,2)16(19)6-9-20(13,23)11-10-19/h14-16,23H,1,3-12H2,2H3,(H,21,22)/t14-,15-,16+,18-,19+,20-/m1/s1. The number of fused-ring (bicyclic) bond motifs is 4. The van der Waals surface area contributed by atoms with Crippen LogP contribution >= 0.6 is 0 Å². The van der Waals surface area contributed by atoms with Crippen molar-refractivity contribution in [2.75, 3.05) is 0 Å². The number of carbonyl (C=O) groups is 1. The molecule has 0 heterocycles. The molecule has 0 aromatic heterocycles. The Hall–Kier alpha value is -0.830. The molecule has 0 aliphatic heterocycles. The largest absolute Gasteiger partial charge is 0.481 e. The van der Waals surface area contributed by atoms with E-state index in [0.717, 1.165) is 63.4 Å². The molecule has 3 nitrogen and oxygen atoms in total. The van der Waals surface area contributed by atoms with E-state index in [9.17, 15) is 15.0 Å². The summed E-state index contributed by atoms with van der Waals surface area (Å²) in [5.74, 6) is 0.143. The molecule has 0 radical (unpaired) electrons. The summed E-state index contributed by atoms with van der Waals surface area (Å²) in [6.07, 6.45) is 10.1. The monoisotopic (exact) mass is 318 g/mol. The molecule has 2 N–H and O–H groups in total. The molecule has 5 saturated carbocycles. The molecule has 6 atom stereocenters. The maximum absolute atomic E-state index is 11.8. The second kappa shape index (κ2) is 4.84. The molecule has 23 heavy (non-hydrogen) atoms. The highest BCUT2D eigenvalue weighted by Gasteiger charge is 2.62. The Morgan fingerprint density at radius 2 is 1.91 bits per heavy atom. The van der Waals surface area contributed by atoms with Crippen LogP contribution in [0.3, 0.4) is 0 Å². The summed E-state index contributed by atoms with van der Waals surface area (Å²) in [5, 5.41) is 20.6. The molecule has 0 amide bonds. The number of hydrogen-bond donors (Lipinski definition) is 2. The van der Waals surface area contributed by atoms with Crippen LogP contribution in [-0.4, -0.2) is 21.8 Å². The number of aliphatic hydroxyl groups is 1. The van der Waals surface area contributed by atoms with Gasteiger partial charge >= 0.3 is 5.97 Å². The third-order valence-electron chi connectivity index (χ3n) is 8.48. The van der Waals surface area contributed by atoms with E-state index in [4.69, 9.17) is 0 Å². The van der Waals surface area contributed by atoms with E-state index in [1.54, 1.807) is 0 Å². The Morgan fingerprint density at radius 1 is 1.13 bits per heavy atom. The summed E-state index contributed by atoms with van der Waals surface area (Å²) in [5.41, 5.74) is 0.829. The third kappa shape index (κ3) is 2.01. The molecule has 0 unspecified atom stereocenters. The normalized spacial score (nSPS) is 52.4. The lowest BCUT2D eigenvalue weighted by Crippen LogP contribution is -2.54. The average Bonchev–Trinajstić information content (AvgIpc) is 2.71. The highest BCUT2D eigenvalue weighted by molar-refractivity contribution is 5.70. The van der Waals surface area contributed by atoms with E-state index in [1.165, 1.54) is 6.42 Å². The van der Waals surface area contributed by atoms with Gasteiger partial charge in [-0.1, -0.05) is 19.9 Å². The fourth-order valence-corrected chi connectivity index (χ4v) is 7.27. The van der Waals surface area contributed by atoms with Crippen molar-refractivity contribution in [1.29, 1.82) is 0 Å². The summed E-state index contributed by atoms with van der Waals surface area (Å²) in [6.45, 7) is 6.62. The highest BCUT2D eigenvalue weighted by Crippen LogP contribution is 2.69. The molecular weight excluding hydrogens is 288 g/mol. The van der Waals surface area contributed by atoms with Crippen molar-refractivity contribution in [3.8, 4) is 0 Å². The molecule has 3 heteroatoms. The molecule has 5 aliphatic rings. The summed E-state index contributed by atoms with van der Waals surface area (Å²) in [4.78, 5) is 11.8. The topological polar surface area (TPSA) is 57.5 Å². The minimum Gasteiger partial charge on any atom is -0.481 e. The summed E-state index contributed by atoms with van der Waals surface area (Å²) >= 11 is 0. The molecule has 128 valence electrons. The number of hydrogen-bond acceptors (Lipinski definition) is 2. The first kappa shape index (κ1) is 15.7.